The molecule has 2 amide bonds. The largest absolute Gasteiger partial charge is 0.354 e. The molecule has 2 aromatic rings. The molecule has 0 fully saturated rings. The van der Waals surface area contributed by atoms with Crippen LogP contribution in [0.3, 0.4) is 0 Å². The number of thioether (sulfide) groups is 1. The van der Waals surface area contributed by atoms with Crippen molar-refractivity contribution in [2.45, 2.75) is 58.4 Å². The van der Waals surface area contributed by atoms with E-state index >= 15 is 0 Å². The van der Waals surface area contributed by atoms with E-state index in [1.807, 2.05) is 19.1 Å². The standard InChI is InChI=1S/C25H33FN2O2S/c1-4-6-15-27-25(30)23(5-2)28(16-20-11-13-22(26)14-12-20)24(29)18-31-17-21-10-8-7-9-19(21)3/h7-14,23H,4-6,15-18H2,1-3H3,(H,27,30). The summed E-state index contributed by atoms with van der Waals surface area (Å²) in [7, 11) is 0. The topological polar surface area (TPSA) is 49.4 Å². The summed E-state index contributed by atoms with van der Waals surface area (Å²) in [5.41, 5.74) is 3.21. The van der Waals surface area contributed by atoms with Crippen molar-refractivity contribution in [1.29, 1.82) is 0 Å². The summed E-state index contributed by atoms with van der Waals surface area (Å²) in [6.45, 7) is 6.93. The first-order valence-electron chi connectivity index (χ1n) is 10.9. The van der Waals surface area contributed by atoms with Crippen LogP contribution in [0.4, 0.5) is 4.39 Å². The van der Waals surface area contributed by atoms with E-state index in [1.165, 1.54) is 23.3 Å². The number of carbonyl (C=O) groups excluding carboxylic acids is 2. The number of nitrogens with zero attached hydrogens (tertiary/aromatic N) is 1. The van der Waals surface area contributed by atoms with Crippen LogP contribution in [0.1, 0.15) is 49.8 Å². The van der Waals surface area contributed by atoms with Crippen molar-refractivity contribution in [1.82, 2.24) is 10.2 Å². The zero-order valence-electron chi connectivity index (χ0n) is 18.7. The Kier molecular flexibility index (Phi) is 10.6. The predicted octanol–water partition coefficient (Wildman–Crippen LogP) is 5.09. The molecular formula is C25H33FN2O2S. The molecular weight excluding hydrogens is 411 g/mol. The average Bonchev–Trinajstić information content (AvgIpc) is 2.76. The van der Waals surface area contributed by atoms with Crippen molar-refractivity contribution in [2.24, 2.45) is 0 Å². The number of halogens is 1. The lowest BCUT2D eigenvalue weighted by molar-refractivity contribution is -0.139. The van der Waals surface area contributed by atoms with Crippen LogP contribution in [0, 0.1) is 12.7 Å². The molecule has 0 aliphatic heterocycles. The molecule has 1 unspecified atom stereocenters. The number of carbonyl (C=O) groups is 2. The van der Waals surface area contributed by atoms with Gasteiger partial charge in [-0.25, -0.2) is 4.39 Å². The highest BCUT2D eigenvalue weighted by Crippen LogP contribution is 2.19. The summed E-state index contributed by atoms with van der Waals surface area (Å²) in [6.07, 6.45) is 2.42. The molecule has 0 saturated heterocycles. The van der Waals surface area contributed by atoms with Gasteiger partial charge in [-0.05, 0) is 48.6 Å². The molecule has 1 atom stereocenters. The van der Waals surface area contributed by atoms with Crippen molar-refractivity contribution in [2.75, 3.05) is 12.3 Å². The highest BCUT2D eigenvalue weighted by Gasteiger charge is 2.28. The second-order valence-electron chi connectivity index (χ2n) is 7.64. The second kappa shape index (κ2) is 13.2. The molecule has 6 heteroatoms. The molecule has 0 bridgehead atoms. The molecule has 0 radical (unpaired) electrons. The van der Waals surface area contributed by atoms with Gasteiger partial charge in [-0.3, -0.25) is 9.59 Å². The predicted molar refractivity (Wildman–Crippen MR) is 126 cm³/mol. The van der Waals surface area contributed by atoms with Gasteiger partial charge in [-0.1, -0.05) is 56.7 Å². The van der Waals surface area contributed by atoms with Gasteiger partial charge >= 0.3 is 0 Å². The molecule has 1 N–H and O–H groups in total. The van der Waals surface area contributed by atoms with E-state index in [2.05, 4.69) is 31.3 Å². The summed E-state index contributed by atoms with van der Waals surface area (Å²) in [5, 5.41) is 2.95. The Hall–Kier alpha value is -2.34. The third-order valence-electron chi connectivity index (χ3n) is 5.23. The summed E-state index contributed by atoms with van der Waals surface area (Å²) >= 11 is 1.55. The monoisotopic (exact) mass is 444 g/mol. The maximum atomic E-state index is 13.3. The van der Waals surface area contributed by atoms with Gasteiger partial charge in [0.25, 0.3) is 0 Å². The van der Waals surface area contributed by atoms with E-state index < -0.39 is 6.04 Å². The maximum Gasteiger partial charge on any atom is 0.242 e. The van der Waals surface area contributed by atoms with Gasteiger partial charge in [0, 0.05) is 18.8 Å². The minimum atomic E-state index is -0.548. The highest BCUT2D eigenvalue weighted by molar-refractivity contribution is 7.99. The number of unbranched alkanes of at least 4 members (excludes halogenated alkanes) is 1. The first kappa shape index (κ1) is 24.9. The van der Waals surface area contributed by atoms with E-state index in [-0.39, 0.29) is 29.9 Å². The normalized spacial score (nSPS) is 11.7. The van der Waals surface area contributed by atoms with Crippen molar-refractivity contribution < 1.29 is 14.0 Å². The Morgan fingerprint density at radius 2 is 1.81 bits per heavy atom. The van der Waals surface area contributed by atoms with E-state index in [0.29, 0.717) is 13.0 Å². The Labute approximate surface area is 189 Å². The van der Waals surface area contributed by atoms with Gasteiger partial charge in [0.2, 0.25) is 11.8 Å². The van der Waals surface area contributed by atoms with Crippen LogP contribution in [0.2, 0.25) is 0 Å². The number of hydrogen-bond donors (Lipinski definition) is 1. The molecule has 0 aliphatic rings. The van der Waals surface area contributed by atoms with Crippen LogP contribution in [0.25, 0.3) is 0 Å². The number of hydrogen-bond acceptors (Lipinski definition) is 3. The Balaban J connectivity index is 2.10. The van der Waals surface area contributed by atoms with Crippen molar-refractivity contribution in [3.63, 3.8) is 0 Å². The van der Waals surface area contributed by atoms with Gasteiger partial charge in [0.1, 0.15) is 11.9 Å². The minimum absolute atomic E-state index is 0.0830. The fourth-order valence-corrected chi connectivity index (χ4v) is 4.30. The number of aryl methyl sites for hydroxylation is 1. The van der Waals surface area contributed by atoms with Crippen LogP contribution >= 0.6 is 11.8 Å². The van der Waals surface area contributed by atoms with Gasteiger partial charge in [-0.15, -0.1) is 11.8 Å². The second-order valence-corrected chi connectivity index (χ2v) is 8.62. The van der Waals surface area contributed by atoms with Crippen LogP contribution in [0.15, 0.2) is 48.5 Å². The average molecular weight is 445 g/mol. The fraction of sp³-hybridized carbons (Fsp3) is 0.440. The molecule has 0 heterocycles. The van der Waals surface area contributed by atoms with E-state index in [4.69, 9.17) is 0 Å². The van der Waals surface area contributed by atoms with Crippen LogP contribution < -0.4 is 5.32 Å². The van der Waals surface area contributed by atoms with Crippen LogP contribution in [-0.2, 0) is 21.9 Å². The summed E-state index contributed by atoms with van der Waals surface area (Å²) in [6, 6.07) is 13.7. The van der Waals surface area contributed by atoms with Crippen molar-refractivity contribution >= 4 is 23.6 Å². The lowest BCUT2D eigenvalue weighted by atomic mass is 10.1. The Morgan fingerprint density at radius 1 is 1.10 bits per heavy atom. The third-order valence-corrected chi connectivity index (χ3v) is 6.19. The quantitative estimate of drug-likeness (QED) is 0.464. The summed E-state index contributed by atoms with van der Waals surface area (Å²) in [4.78, 5) is 27.6. The molecule has 4 nitrogen and oxygen atoms in total. The van der Waals surface area contributed by atoms with Gasteiger partial charge < -0.3 is 10.2 Å². The first-order chi connectivity index (χ1) is 15.0. The third kappa shape index (κ3) is 8.02. The van der Waals surface area contributed by atoms with Gasteiger partial charge in [-0.2, -0.15) is 0 Å². The highest BCUT2D eigenvalue weighted by atomic mass is 32.2. The molecule has 168 valence electrons. The van der Waals surface area contributed by atoms with E-state index in [0.717, 1.165) is 24.2 Å². The number of rotatable bonds is 12. The first-order valence-corrected chi connectivity index (χ1v) is 12.1. The van der Waals surface area contributed by atoms with Crippen LogP contribution in [0.5, 0.6) is 0 Å². The van der Waals surface area contributed by atoms with Crippen molar-refractivity contribution in [3.8, 4) is 0 Å². The smallest absolute Gasteiger partial charge is 0.242 e. The molecule has 31 heavy (non-hydrogen) atoms. The fourth-order valence-electron chi connectivity index (χ4n) is 3.32. The lowest BCUT2D eigenvalue weighted by Gasteiger charge is -2.30. The van der Waals surface area contributed by atoms with Gasteiger partial charge in [0.15, 0.2) is 0 Å². The summed E-state index contributed by atoms with van der Waals surface area (Å²) in [5.74, 6) is 0.492. The Bertz CT molecular complexity index is 842. The molecule has 2 rings (SSSR count). The van der Waals surface area contributed by atoms with E-state index in [1.54, 1.807) is 28.8 Å². The Morgan fingerprint density at radius 3 is 2.45 bits per heavy atom. The molecule has 0 spiro atoms. The van der Waals surface area contributed by atoms with Crippen molar-refractivity contribution in [3.05, 3.63) is 71.0 Å². The lowest BCUT2D eigenvalue weighted by Crippen LogP contribution is -2.49. The zero-order valence-corrected chi connectivity index (χ0v) is 19.5. The van der Waals surface area contributed by atoms with Gasteiger partial charge in [0.05, 0.1) is 5.75 Å². The molecule has 0 aromatic heterocycles. The molecule has 2 aromatic carbocycles. The zero-order chi connectivity index (χ0) is 22.6. The molecule has 0 aliphatic carbocycles. The molecule has 0 saturated carbocycles. The van der Waals surface area contributed by atoms with E-state index in [9.17, 15) is 14.0 Å². The SMILES string of the molecule is CCCCNC(=O)C(CC)N(Cc1ccc(F)cc1)C(=O)CSCc1ccccc1C. The number of amides is 2. The minimum Gasteiger partial charge on any atom is -0.354 e. The maximum absolute atomic E-state index is 13.3. The van der Waals surface area contributed by atoms with Crippen LogP contribution in [-0.4, -0.2) is 35.1 Å². The number of benzene rings is 2. The summed E-state index contributed by atoms with van der Waals surface area (Å²) < 4.78 is 13.3. The number of nitrogens with one attached hydrogen (secondary N) is 1.